The highest BCUT2D eigenvalue weighted by atomic mass is 79.9. The van der Waals surface area contributed by atoms with Crippen molar-refractivity contribution in [3.05, 3.63) is 27.7 Å². The summed E-state index contributed by atoms with van der Waals surface area (Å²) in [5, 5.41) is 9.23. The van der Waals surface area contributed by atoms with Gasteiger partial charge in [0.25, 0.3) is 0 Å². The summed E-state index contributed by atoms with van der Waals surface area (Å²) in [6, 6.07) is 0.493. The Morgan fingerprint density at radius 2 is 1.93 bits per heavy atom. The van der Waals surface area contributed by atoms with E-state index in [9.17, 15) is 13.9 Å². The van der Waals surface area contributed by atoms with E-state index in [1.807, 2.05) is 0 Å². The van der Waals surface area contributed by atoms with Crippen LogP contribution in [0.5, 0.6) is 5.75 Å². The number of phenolic OH excluding ortho intramolecular Hbond substituents is 1. The van der Waals surface area contributed by atoms with Gasteiger partial charge in [0.05, 0.1) is 4.47 Å². The second-order valence-electron chi connectivity index (χ2n) is 2.77. The topological polar surface area (TPSA) is 72.3 Å². The minimum atomic E-state index is -1.32. The van der Waals surface area contributed by atoms with Crippen molar-refractivity contribution in [2.45, 2.75) is 6.04 Å². The van der Waals surface area contributed by atoms with Gasteiger partial charge >= 0.3 is 0 Å². The molecule has 0 aliphatic heterocycles. The molecule has 1 rings (SSSR count). The van der Waals surface area contributed by atoms with Crippen molar-refractivity contribution in [2.75, 3.05) is 6.54 Å². The highest BCUT2D eigenvalue weighted by Crippen LogP contribution is 2.32. The third kappa shape index (κ3) is 2.78. The highest BCUT2D eigenvalue weighted by Gasteiger charge is 2.19. The fourth-order valence-electron chi connectivity index (χ4n) is 1.01. The van der Waals surface area contributed by atoms with Gasteiger partial charge in [-0.05, 0) is 22.0 Å². The first-order chi connectivity index (χ1) is 6.49. The van der Waals surface area contributed by atoms with E-state index < -0.39 is 23.4 Å². The number of nitrogens with two attached hydrogens (primary N) is 2. The molecule has 86 valence electrons. The Kier molecular flexibility index (Phi) is 5.44. The first-order valence-corrected chi connectivity index (χ1v) is 4.60. The number of aromatic hydroxyl groups is 1. The molecular formula is C8H10BrClF2N2O. The van der Waals surface area contributed by atoms with Crippen molar-refractivity contribution >= 4 is 28.3 Å². The summed E-state index contributed by atoms with van der Waals surface area (Å²) in [5.41, 5.74) is 10.8. The van der Waals surface area contributed by atoms with Crippen LogP contribution in [0.1, 0.15) is 11.6 Å². The standard InChI is InChI=1S/C8H9BrF2N2O.ClH/c9-4-1-3(5(13)2-12)8(14)7(11)6(4)10;/h1,5,14H,2,12-13H2;1H/t5-;/m1./s1. The molecule has 0 amide bonds. The lowest BCUT2D eigenvalue weighted by molar-refractivity contribution is 0.396. The van der Waals surface area contributed by atoms with Crippen LogP contribution < -0.4 is 11.5 Å². The molecule has 1 atom stereocenters. The molecule has 0 aliphatic rings. The Balaban J connectivity index is 0.00000196. The Morgan fingerprint density at radius 1 is 1.40 bits per heavy atom. The Bertz CT molecular complexity index is 365. The highest BCUT2D eigenvalue weighted by molar-refractivity contribution is 9.10. The van der Waals surface area contributed by atoms with E-state index >= 15 is 0 Å². The zero-order chi connectivity index (χ0) is 10.9. The normalized spacial score (nSPS) is 12.1. The Morgan fingerprint density at radius 3 is 2.40 bits per heavy atom. The lowest BCUT2D eigenvalue weighted by atomic mass is 10.1. The summed E-state index contributed by atoms with van der Waals surface area (Å²) in [4.78, 5) is 0. The molecule has 7 heteroatoms. The van der Waals surface area contributed by atoms with Gasteiger partial charge in [-0.3, -0.25) is 0 Å². The summed E-state index contributed by atoms with van der Waals surface area (Å²) in [7, 11) is 0. The Labute approximate surface area is 100.0 Å². The fraction of sp³-hybridized carbons (Fsp3) is 0.250. The molecule has 0 saturated carbocycles. The number of hydrogen-bond donors (Lipinski definition) is 3. The van der Waals surface area contributed by atoms with Crippen LogP contribution in [-0.4, -0.2) is 11.7 Å². The monoisotopic (exact) mass is 302 g/mol. The van der Waals surface area contributed by atoms with Crippen LogP contribution in [0.25, 0.3) is 0 Å². The number of rotatable bonds is 2. The van der Waals surface area contributed by atoms with Gasteiger partial charge in [-0.2, -0.15) is 4.39 Å². The average molecular weight is 304 g/mol. The molecular weight excluding hydrogens is 293 g/mol. The number of phenols is 1. The molecule has 0 saturated heterocycles. The van der Waals surface area contributed by atoms with E-state index in [-0.39, 0.29) is 29.0 Å². The molecule has 0 aliphatic carbocycles. The lowest BCUT2D eigenvalue weighted by Gasteiger charge is -2.12. The zero-order valence-corrected chi connectivity index (χ0v) is 9.91. The van der Waals surface area contributed by atoms with Crippen LogP contribution in [0.2, 0.25) is 0 Å². The molecule has 3 nitrogen and oxygen atoms in total. The van der Waals surface area contributed by atoms with Crippen molar-refractivity contribution in [2.24, 2.45) is 11.5 Å². The molecule has 0 heterocycles. The Hall–Kier alpha value is -0.430. The quantitative estimate of drug-likeness (QED) is 0.730. The first-order valence-electron chi connectivity index (χ1n) is 3.81. The summed E-state index contributed by atoms with van der Waals surface area (Å²) in [6.45, 7) is 0.0328. The second-order valence-corrected chi connectivity index (χ2v) is 3.62. The third-order valence-corrected chi connectivity index (χ3v) is 2.40. The van der Waals surface area contributed by atoms with E-state index in [0.29, 0.717) is 0 Å². The first kappa shape index (κ1) is 14.6. The van der Waals surface area contributed by atoms with Crippen molar-refractivity contribution < 1.29 is 13.9 Å². The van der Waals surface area contributed by atoms with Gasteiger partial charge in [0, 0.05) is 18.2 Å². The zero-order valence-electron chi connectivity index (χ0n) is 7.51. The van der Waals surface area contributed by atoms with Crippen LogP contribution in [0, 0.1) is 11.6 Å². The minimum Gasteiger partial charge on any atom is -0.505 e. The molecule has 5 N–H and O–H groups in total. The molecule has 1 aromatic rings. The lowest BCUT2D eigenvalue weighted by Crippen LogP contribution is -2.21. The van der Waals surface area contributed by atoms with Crippen LogP contribution in [-0.2, 0) is 0 Å². The summed E-state index contributed by atoms with van der Waals surface area (Å²) < 4.78 is 25.8. The van der Waals surface area contributed by atoms with Gasteiger partial charge in [0.15, 0.2) is 11.6 Å². The summed E-state index contributed by atoms with van der Waals surface area (Å²) in [6.07, 6.45) is 0. The predicted octanol–water partition coefficient (Wildman–Crippen LogP) is 1.81. The average Bonchev–Trinajstić information content (AvgIpc) is 2.19. The van der Waals surface area contributed by atoms with Gasteiger partial charge in [0.2, 0.25) is 5.82 Å². The third-order valence-electron chi connectivity index (χ3n) is 1.82. The van der Waals surface area contributed by atoms with Crippen LogP contribution >= 0.6 is 28.3 Å². The van der Waals surface area contributed by atoms with E-state index in [0.717, 1.165) is 0 Å². The number of benzene rings is 1. The second kappa shape index (κ2) is 5.60. The fourth-order valence-corrected chi connectivity index (χ4v) is 1.43. The van der Waals surface area contributed by atoms with Crippen LogP contribution in [0.3, 0.4) is 0 Å². The van der Waals surface area contributed by atoms with Crippen LogP contribution in [0.15, 0.2) is 10.5 Å². The van der Waals surface area contributed by atoms with Crippen molar-refractivity contribution in [3.63, 3.8) is 0 Å². The largest absolute Gasteiger partial charge is 0.505 e. The van der Waals surface area contributed by atoms with Gasteiger partial charge in [-0.15, -0.1) is 12.4 Å². The van der Waals surface area contributed by atoms with E-state index in [2.05, 4.69) is 15.9 Å². The molecule has 0 fully saturated rings. The van der Waals surface area contributed by atoms with Gasteiger partial charge in [-0.25, -0.2) is 4.39 Å². The molecule has 15 heavy (non-hydrogen) atoms. The minimum absolute atomic E-state index is 0. The molecule has 1 aromatic carbocycles. The number of halogens is 4. The SMILES string of the molecule is Cl.NC[C@@H](N)c1cc(Br)c(F)c(F)c1O. The molecule has 0 bridgehead atoms. The summed E-state index contributed by atoms with van der Waals surface area (Å²) in [5.74, 6) is -3.25. The number of hydrogen-bond acceptors (Lipinski definition) is 3. The van der Waals surface area contributed by atoms with Crippen LogP contribution in [0.4, 0.5) is 8.78 Å². The molecule has 0 aromatic heterocycles. The van der Waals surface area contributed by atoms with E-state index in [4.69, 9.17) is 11.5 Å². The maximum atomic E-state index is 13.0. The van der Waals surface area contributed by atoms with Crippen molar-refractivity contribution in [1.29, 1.82) is 0 Å². The maximum Gasteiger partial charge on any atom is 0.201 e. The predicted molar refractivity (Wildman–Crippen MR) is 59.0 cm³/mol. The van der Waals surface area contributed by atoms with Gasteiger partial charge in [0.1, 0.15) is 0 Å². The van der Waals surface area contributed by atoms with Crippen molar-refractivity contribution in [3.8, 4) is 5.75 Å². The summed E-state index contributed by atoms with van der Waals surface area (Å²) >= 11 is 2.81. The van der Waals surface area contributed by atoms with Crippen molar-refractivity contribution in [1.82, 2.24) is 0 Å². The molecule has 0 radical (unpaired) electrons. The van der Waals surface area contributed by atoms with Gasteiger partial charge in [-0.1, -0.05) is 0 Å². The molecule has 0 unspecified atom stereocenters. The van der Waals surface area contributed by atoms with E-state index in [1.54, 1.807) is 0 Å². The van der Waals surface area contributed by atoms with E-state index in [1.165, 1.54) is 6.07 Å². The smallest absolute Gasteiger partial charge is 0.201 e. The maximum absolute atomic E-state index is 13.0. The van der Waals surface area contributed by atoms with Gasteiger partial charge < -0.3 is 16.6 Å². The molecule has 0 spiro atoms.